The summed E-state index contributed by atoms with van der Waals surface area (Å²) >= 11 is 0. The Labute approximate surface area is 96.5 Å². The second kappa shape index (κ2) is 4.56. The number of pyridine rings is 2. The Hall–Kier alpha value is -2.50. The average molecular weight is 232 g/mol. The van der Waals surface area contributed by atoms with E-state index in [1.165, 1.54) is 18.5 Å². The lowest BCUT2D eigenvalue weighted by atomic mass is 10.2. The van der Waals surface area contributed by atoms with E-state index < -0.39 is 11.7 Å². The maximum Gasteiger partial charge on any atom is 0.259 e. The molecule has 0 radical (unpaired) electrons. The minimum absolute atomic E-state index is 0.164. The van der Waals surface area contributed by atoms with Crippen molar-refractivity contribution in [2.24, 2.45) is 0 Å². The third-order valence-corrected chi connectivity index (χ3v) is 2.07. The number of carbonyl (C=O) groups excluding carboxylic acids is 1. The Morgan fingerprint density at radius 1 is 1.24 bits per heavy atom. The van der Waals surface area contributed by atoms with Crippen LogP contribution in [0.2, 0.25) is 0 Å². The smallest absolute Gasteiger partial charge is 0.259 e. The molecule has 2 heterocycles. The van der Waals surface area contributed by atoms with Gasteiger partial charge < -0.3 is 11.1 Å². The summed E-state index contributed by atoms with van der Waals surface area (Å²) in [5.74, 6) is -1.41. The topological polar surface area (TPSA) is 80.9 Å². The van der Waals surface area contributed by atoms with E-state index in [0.29, 0.717) is 5.82 Å². The van der Waals surface area contributed by atoms with Crippen molar-refractivity contribution >= 4 is 17.5 Å². The fourth-order valence-corrected chi connectivity index (χ4v) is 1.26. The summed E-state index contributed by atoms with van der Waals surface area (Å²) in [6.07, 6.45) is 2.79. The summed E-state index contributed by atoms with van der Waals surface area (Å²) < 4.78 is 13.5. The lowest BCUT2D eigenvalue weighted by Crippen LogP contribution is -2.15. The van der Waals surface area contributed by atoms with Crippen LogP contribution in [0.15, 0.2) is 36.7 Å². The molecule has 0 saturated carbocycles. The predicted molar refractivity (Wildman–Crippen MR) is 60.8 cm³/mol. The highest BCUT2D eigenvalue weighted by Gasteiger charge is 2.14. The molecule has 0 fully saturated rings. The molecule has 0 atom stereocenters. The Morgan fingerprint density at radius 3 is 2.76 bits per heavy atom. The molecule has 0 aliphatic heterocycles. The quantitative estimate of drug-likeness (QED) is 0.821. The number of carbonyl (C=O) groups is 1. The number of amides is 1. The summed E-state index contributed by atoms with van der Waals surface area (Å²) in [4.78, 5) is 19.1. The van der Waals surface area contributed by atoms with Crippen molar-refractivity contribution in [1.29, 1.82) is 0 Å². The van der Waals surface area contributed by atoms with Crippen molar-refractivity contribution in [3.05, 3.63) is 48.0 Å². The van der Waals surface area contributed by atoms with E-state index in [9.17, 15) is 9.18 Å². The van der Waals surface area contributed by atoms with E-state index in [0.717, 1.165) is 0 Å². The molecule has 3 N–H and O–H groups in total. The van der Waals surface area contributed by atoms with Crippen molar-refractivity contribution in [3.8, 4) is 0 Å². The van der Waals surface area contributed by atoms with Crippen molar-refractivity contribution < 1.29 is 9.18 Å². The molecule has 0 saturated heterocycles. The van der Waals surface area contributed by atoms with Crippen LogP contribution in [0.1, 0.15) is 10.4 Å². The molecular weight excluding hydrogens is 223 g/mol. The molecule has 0 spiro atoms. The summed E-state index contributed by atoms with van der Waals surface area (Å²) in [5, 5.41) is 2.45. The van der Waals surface area contributed by atoms with E-state index >= 15 is 0 Å². The van der Waals surface area contributed by atoms with Gasteiger partial charge in [0.05, 0.1) is 5.56 Å². The number of nitrogen functional groups attached to an aromatic ring is 1. The van der Waals surface area contributed by atoms with Gasteiger partial charge in [0.1, 0.15) is 5.82 Å². The fraction of sp³-hybridized carbons (Fsp3) is 0. The number of nitrogens with zero attached hydrogens (tertiary/aromatic N) is 2. The molecule has 1 amide bonds. The zero-order valence-electron chi connectivity index (χ0n) is 8.72. The first-order chi connectivity index (χ1) is 8.18. The third kappa shape index (κ3) is 2.36. The summed E-state index contributed by atoms with van der Waals surface area (Å²) in [6, 6.07) is 6.27. The maximum absolute atomic E-state index is 13.5. The Kier molecular flexibility index (Phi) is 2.95. The van der Waals surface area contributed by atoms with Gasteiger partial charge in [-0.15, -0.1) is 0 Å². The highest BCUT2D eigenvalue weighted by atomic mass is 19.1. The fourth-order valence-electron chi connectivity index (χ4n) is 1.26. The maximum atomic E-state index is 13.5. The first kappa shape index (κ1) is 11.0. The molecule has 2 aromatic rings. The van der Waals surface area contributed by atoms with Gasteiger partial charge in [0, 0.05) is 12.4 Å². The van der Waals surface area contributed by atoms with Gasteiger partial charge in [-0.05, 0) is 18.2 Å². The van der Waals surface area contributed by atoms with Gasteiger partial charge in [-0.2, -0.15) is 0 Å². The Bertz CT molecular complexity index is 544. The van der Waals surface area contributed by atoms with Gasteiger partial charge in [-0.3, -0.25) is 4.79 Å². The monoisotopic (exact) mass is 232 g/mol. The lowest BCUT2D eigenvalue weighted by Gasteiger charge is -2.05. The van der Waals surface area contributed by atoms with E-state index in [2.05, 4.69) is 15.3 Å². The molecule has 0 unspecified atom stereocenters. The lowest BCUT2D eigenvalue weighted by molar-refractivity contribution is 0.102. The Morgan fingerprint density at radius 2 is 2.06 bits per heavy atom. The second-order valence-electron chi connectivity index (χ2n) is 3.23. The van der Waals surface area contributed by atoms with Gasteiger partial charge in [-0.1, -0.05) is 6.07 Å². The van der Waals surface area contributed by atoms with Crippen LogP contribution in [-0.2, 0) is 0 Å². The van der Waals surface area contributed by atoms with E-state index in [1.54, 1.807) is 18.2 Å². The van der Waals surface area contributed by atoms with Crippen molar-refractivity contribution in [2.45, 2.75) is 0 Å². The normalized spacial score (nSPS) is 9.94. The predicted octanol–water partition coefficient (Wildman–Crippen LogP) is 1.45. The number of nitrogens with one attached hydrogen (secondary N) is 1. The number of hydrogen-bond donors (Lipinski definition) is 2. The van der Waals surface area contributed by atoms with Crippen LogP contribution in [0.25, 0.3) is 0 Å². The highest BCUT2D eigenvalue weighted by molar-refractivity contribution is 6.04. The standard InChI is InChI=1S/C11H9FN4O/c12-9-7(4-6-15-10(9)13)11(17)16-8-3-1-2-5-14-8/h1-6H,(H2,13,15)(H,14,16,17). The molecule has 2 aromatic heterocycles. The van der Waals surface area contributed by atoms with Gasteiger partial charge in [0.2, 0.25) is 0 Å². The van der Waals surface area contributed by atoms with Crippen LogP contribution in [-0.4, -0.2) is 15.9 Å². The molecule has 0 aromatic carbocycles. The minimum Gasteiger partial charge on any atom is -0.381 e. The van der Waals surface area contributed by atoms with Gasteiger partial charge in [-0.25, -0.2) is 14.4 Å². The van der Waals surface area contributed by atoms with Crippen molar-refractivity contribution in [1.82, 2.24) is 9.97 Å². The summed E-state index contributed by atoms with van der Waals surface area (Å²) in [6.45, 7) is 0. The average Bonchev–Trinajstić information content (AvgIpc) is 2.34. The number of anilines is 2. The SMILES string of the molecule is Nc1nccc(C(=O)Nc2ccccn2)c1F. The van der Waals surface area contributed by atoms with Crippen LogP contribution in [0.5, 0.6) is 0 Å². The molecule has 2 rings (SSSR count). The minimum atomic E-state index is -0.832. The van der Waals surface area contributed by atoms with Crippen LogP contribution in [0, 0.1) is 5.82 Å². The molecule has 86 valence electrons. The molecule has 17 heavy (non-hydrogen) atoms. The number of hydrogen-bond acceptors (Lipinski definition) is 4. The molecular formula is C11H9FN4O. The van der Waals surface area contributed by atoms with Crippen LogP contribution >= 0.6 is 0 Å². The van der Waals surface area contributed by atoms with E-state index in [-0.39, 0.29) is 11.4 Å². The Balaban J connectivity index is 2.24. The van der Waals surface area contributed by atoms with Gasteiger partial charge >= 0.3 is 0 Å². The van der Waals surface area contributed by atoms with Crippen molar-refractivity contribution in [2.75, 3.05) is 11.1 Å². The van der Waals surface area contributed by atoms with Gasteiger partial charge in [0.25, 0.3) is 5.91 Å². The molecule has 0 bridgehead atoms. The first-order valence-electron chi connectivity index (χ1n) is 4.81. The van der Waals surface area contributed by atoms with Gasteiger partial charge in [0.15, 0.2) is 11.6 Å². The highest BCUT2D eigenvalue weighted by Crippen LogP contribution is 2.13. The molecule has 0 aliphatic rings. The number of aromatic nitrogens is 2. The molecule has 5 nitrogen and oxygen atoms in total. The van der Waals surface area contributed by atoms with Crippen molar-refractivity contribution in [3.63, 3.8) is 0 Å². The zero-order chi connectivity index (χ0) is 12.3. The largest absolute Gasteiger partial charge is 0.381 e. The van der Waals surface area contributed by atoms with E-state index in [4.69, 9.17) is 5.73 Å². The molecule has 0 aliphatic carbocycles. The van der Waals surface area contributed by atoms with Crippen LogP contribution < -0.4 is 11.1 Å². The number of nitrogens with two attached hydrogens (primary N) is 1. The third-order valence-electron chi connectivity index (χ3n) is 2.07. The zero-order valence-corrected chi connectivity index (χ0v) is 8.72. The summed E-state index contributed by atoms with van der Waals surface area (Å²) in [7, 11) is 0. The number of halogens is 1. The van der Waals surface area contributed by atoms with Crippen LogP contribution in [0.3, 0.4) is 0 Å². The molecule has 6 heteroatoms. The second-order valence-corrected chi connectivity index (χ2v) is 3.23. The summed E-state index contributed by atoms with van der Waals surface area (Å²) in [5.41, 5.74) is 5.11. The first-order valence-corrected chi connectivity index (χ1v) is 4.81. The van der Waals surface area contributed by atoms with Crippen LogP contribution in [0.4, 0.5) is 16.0 Å². The number of rotatable bonds is 2. The van der Waals surface area contributed by atoms with E-state index in [1.807, 2.05) is 0 Å².